The Morgan fingerprint density at radius 2 is 2.25 bits per heavy atom. The van der Waals surface area contributed by atoms with Crippen molar-refractivity contribution in [2.75, 3.05) is 12.0 Å². The summed E-state index contributed by atoms with van der Waals surface area (Å²) in [5.41, 5.74) is 2.46. The number of benzene rings is 1. The Bertz CT molecular complexity index is 407. The van der Waals surface area contributed by atoms with Crippen LogP contribution in [0.2, 0.25) is 0 Å². The maximum Gasteiger partial charge on any atom is 0.0833 e. The van der Waals surface area contributed by atoms with Crippen LogP contribution in [0, 0.1) is 11.3 Å². The lowest BCUT2D eigenvalue weighted by Crippen LogP contribution is -2.30. The first-order chi connectivity index (χ1) is 7.82. The van der Waals surface area contributed by atoms with Gasteiger partial charge in [0.15, 0.2) is 0 Å². The highest BCUT2D eigenvalue weighted by molar-refractivity contribution is 7.98. The maximum absolute atomic E-state index is 9.56. The Balaban J connectivity index is 2.38. The molecule has 0 spiro atoms. The topological polar surface area (TPSA) is 23.8 Å². The quantitative estimate of drug-likeness (QED) is 0.794. The highest BCUT2D eigenvalue weighted by Gasteiger charge is 2.35. The van der Waals surface area contributed by atoms with Gasteiger partial charge in [-0.25, -0.2) is 0 Å². The zero-order chi connectivity index (χ0) is 11.4. The van der Waals surface area contributed by atoms with E-state index in [1.165, 1.54) is 11.1 Å². The summed E-state index contributed by atoms with van der Waals surface area (Å²) in [7, 11) is 0. The Morgan fingerprint density at radius 1 is 1.44 bits per heavy atom. The van der Waals surface area contributed by atoms with Crippen molar-refractivity contribution < 1.29 is 0 Å². The molecule has 1 unspecified atom stereocenters. The second-order valence-corrected chi connectivity index (χ2v) is 5.43. The predicted octanol–water partition coefficient (Wildman–Crippen LogP) is 3.54. The summed E-state index contributed by atoms with van der Waals surface area (Å²) in [6.07, 6.45) is 6.42. The monoisotopic (exact) mass is 231 g/mol. The van der Waals surface area contributed by atoms with Gasteiger partial charge < -0.3 is 0 Å². The number of aryl methyl sites for hydroxylation is 1. The van der Waals surface area contributed by atoms with Gasteiger partial charge in [-0.05, 0) is 48.8 Å². The van der Waals surface area contributed by atoms with Gasteiger partial charge in [-0.1, -0.05) is 24.3 Å². The van der Waals surface area contributed by atoms with Crippen LogP contribution in [0.3, 0.4) is 0 Å². The first kappa shape index (κ1) is 11.5. The minimum absolute atomic E-state index is 0.210. The van der Waals surface area contributed by atoms with E-state index in [2.05, 4.69) is 36.6 Å². The van der Waals surface area contributed by atoms with Gasteiger partial charge in [-0.15, -0.1) is 0 Å². The third-order valence-corrected chi connectivity index (χ3v) is 4.14. The summed E-state index contributed by atoms with van der Waals surface area (Å²) < 4.78 is 0. The molecule has 2 heteroatoms. The first-order valence-corrected chi connectivity index (χ1v) is 7.20. The fourth-order valence-electron chi connectivity index (χ4n) is 2.63. The van der Waals surface area contributed by atoms with E-state index >= 15 is 0 Å². The van der Waals surface area contributed by atoms with Crippen molar-refractivity contribution >= 4 is 11.8 Å². The number of nitrogens with zero attached hydrogens (tertiary/aromatic N) is 1. The van der Waals surface area contributed by atoms with E-state index in [9.17, 15) is 5.26 Å². The lowest BCUT2D eigenvalue weighted by molar-refractivity contribution is 0.443. The standard InChI is InChI=1S/C14H17NS/c1-16-10-9-14(11-15)8-4-6-12-5-2-3-7-13(12)14/h2-3,5,7H,4,6,8-10H2,1H3. The minimum Gasteiger partial charge on any atom is -0.197 e. The molecule has 1 aromatic rings. The summed E-state index contributed by atoms with van der Waals surface area (Å²) in [5.74, 6) is 1.07. The van der Waals surface area contributed by atoms with Gasteiger partial charge in [0, 0.05) is 0 Å². The molecule has 0 amide bonds. The van der Waals surface area contributed by atoms with Crippen LogP contribution in [0.1, 0.15) is 30.4 Å². The third kappa shape index (κ3) is 1.97. The molecule has 0 bridgehead atoms. The van der Waals surface area contributed by atoms with Crippen molar-refractivity contribution in [3.05, 3.63) is 35.4 Å². The molecule has 0 aliphatic heterocycles. The normalized spacial score (nSPS) is 23.5. The summed E-state index contributed by atoms with van der Waals surface area (Å²) in [6, 6.07) is 11.1. The number of rotatable bonds is 3. The Kier molecular flexibility index (Phi) is 3.56. The molecule has 0 heterocycles. The molecule has 2 rings (SSSR count). The number of fused-ring (bicyclic) bond motifs is 1. The van der Waals surface area contributed by atoms with Crippen molar-refractivity contribution in [3.8, 4) is 6.07 Å². The van der Waals surface area contributed by atoms with Gasteiger partial charge in [0.05, 0.1) is 11.5 Å². The van der Waals surface area contributed by atoms with Crippen molar-refractivity contribution in [1.29, 1.82) is 5.26 Å². The van der Waals surface area contributed by atoms with E-state index in [-0.39, 0.29) is 5.41 Å². The van der Waals surface area contributed by atoms with Crippen molar-refractivity contribution in [3.63, 3.8) is 0 Å². The first-order valence-electron chi connectivity index (χ1n) is 5.81. The van der Waals surface area contributed by atoms with Crippen LogP contribution in [0.4, 0.5) is 0 Å². The number of thioether (sulfide) groups is 1. The maximum atomic E-state index is 9.56. The molecule has 1 aromatic carbocycles. The molecule has 1 aliphatic carbocycles. The fraction of sp³-hybridized carbons (Fsp3) is 0.500. The highest BCUT2D eigenvalue weighted by Crippen LogP contribution is 2.40. The molecule has 1 atom stereocenters. The predicted molar refractivity (Wildman–Crippen MR) is 69.7 cm³/mol. The highest BCUT2D eigenvalue weighted by atomic mass is 32.2. The van der Waals surface area contributed by atoms with Crippen LogP contribution in [-0.2, 0) is 11.8 Å². The zero-order valence-electron chi connectivity index (χ0n) is 9.70. The summed E-state index contributed by atoms with van der Waals surface area (Å²) in [6.45, 7) is 0. The summed E-state index contributed by atoms with van der Waals surface area (Å²) >= 11 is 1.83. The van der Waals surface area contributed by atoms with Gasteiger partial charge in [-0.3, -0.25) is 0 Å². The number of hydrogen-bond donors (Lipinski definition) is 0. The van der Waals surface area contributed by atoms with E-state index in [0.717, 1.165) is 31.4 Å². The lowest BCUT2D eigenvalue weighted by atomic mass is 9.69. The van der Waals surface area contributed by atoms with Crippen LogP contribution in [-0.4, -0.2) is 12.0 Å². The largest absolute Gasteiger partial charge is 0.197 e. The molecule has 0 fully saturated rings. The molecule has 0 saturated carbocycles. The van der Waals surface area contributed by atoms with Crippen LogP contribution < -0.4 is 0 Å². The minimum atomic E-state index is -0.210. The smallest absolute Gasteiger partial charge is 0.0833 e. The molecule has 0 saturated heterocycles. The average molecular weight is 231 g/mol. The molecular weight excluding hydrogens is 214 g/mol. The second-order valence-electron chi connectivity index (χ2n) is 4.45. The molecule has 0 aromatic heterocycles. The van der Waals surface area contributed by atoms with Gasteiger partial charge in [0.25, 0.3) is 0 Å². The molecule has 1 aliphatic rings. The van der Waals surface area contributed by atoms with Gasteiger partial charge in [0.1, 0.15) is 0 Å². The van der Waals surface area contributed by atoms with Gasteiger partial charge in [0.2, 0.25) is 0 Å². The average Bonchev–Trinajstić information content (AvgIpc) is 2.36. The van der Waals surface area contributed by atoms with Crippen molar-refractivity contribution in [2.45, 2.75) is 31.1 Å². The third-order valence-electron chi connectivity index (χ3n) is 3.53. The molecule has 1 nitrogen and oxygen atoms in total. The van der Waals surface area contributed by atoms with Gasteiger partial charge in [-0.2, -0.15) is 17.0 Å². The Hall–Kier alpha value is -0.940. The lowest BCUT2D eigenvalue weighted by Gasteiger charge is -2.33. The van der Waals surface area contributed by atoms with E-state index in [1.807, 2.05) is 11.8 Å². The molecule has 0 radical (unpaired) electrons. The second kappa shape index (κ2) is 4.93. The molecule has 16 heavy (non-hydrogen) atoms. The number of nitriles is 1. The molecule has 84 valence electrons. The van der Waals surface area contributed by atoms with Crippen LogP contribution in [0.15, 0.2) is 24.3 Å². The van der Waals surface area contributed by atoms with Crippen LogP contribution in [0.5, 0.6) is 0 Å². The van der Waals surface area contributed by atoms with Crippen LogP contribution in [0.25, 0.3) is 0 Å². The van der Waals surface area contributed by atoms with E-state index < -0.39 is 0 Å². The fourth-order valence-corrected chi connectivity index (χ4v) is 3.18. The van der Waals surface area contributed by atoms with Gasteiger partial charge >= 0.3 is 0 Å². The molecular formula is C14H17NS. The number of hydrogen-bond acceptors (Lipinski definition) is 2. The van der Waals surface area contributed by atoms with Crippen molar-refractivity contribution in [2.24, 2.45) is 0 Å². The Labute approximate surface area is 102 Å². The van der Waals surface area contributed by atoms with E-state index in [4.69, 9.17) is 0 Å². The SMILES string of the molecule is CSCCC1(C#N)CCCc2ccccc21. The van der Waals surface area contributed by atoms with E-state index in [0.29, 0.717) is 0 Å². The van der Waals surface area contributed by atoms with E-state index in [1.54, 1.807) is 0 Å². The molecule has 0 N–H and O–H groups in total. The summed E-state index contributed by atoms with van der Waals surface area (Å²) in [5, 5.41) is 9.56. The van der Waals surface area contributed by atoms with Crippen LogP contribution >= 0.6 is 11.8 Å². The zero-order valence-corrected chi connectivity index (χ0v) is 10.5. The van der Waals surface area contributed by atoms with Crippen molar-refractivity contribution in [1.82, 2.24) is 0 Å². The Morgan fingerprint density at radius 3 is 3.00 bits per heavy atom. The summed E-state index contributed by atoms with van der Waals surface area (Å²) in [4.78, 5) is 0.